The molecule has 2 heterocycles. The van der Waals surface area contributed by atoms with Crippen LogP contribution in [0, 0.1) is 11.3 Å². The van der Waals surface area contributed by atoms with Crippen molar-refractivity contribution in [3.8, 4) is 5.75 Å². The Labute approximate surface area is 111 Å². The van der Waals surface area contributed by atoms with Gasteiger partial charge in [-0.3, -0.25) is 0 Å². The largest absolute Gasteiger partial charge is 0.492 e. The predicted molar refractivity (Wildman–Crippen MR) is 75.3 cm³/mol. The van der Waals surface area contributed by atoms with Gasteiger partial charge >= 0.3 is 0 Å². The highest BCUT2D eigenvalue weighted by Crippen LogP contribution is 2.30. The molecule has 0 atom stereocenters. The van der Waals surface area contributed by atoms with Crippen LogP contribution in [0.15, 0.2) is 24.7 Å². The Morgan fingerprint density at radius 2 is 2.42 bits per heavy atom. The van der Waals surface area contributed by atoms with Crippen LogP contribution in [-0.4, -0.2) is 22.8 Å². The molecule has 0 aromatic carbocycles. The lowest BCUT2D eigenvalue weighted by atomic mass is 10.1. The van der Waals surface area contributed by atoms with Crippen molar-refractivity contribution in [1.82, 2.24) is 9.97 Å². The summed E-state index contributed by atoms with van der Waals surface area (Å²) < 4.78 is 5.73. The van der Waals surface area contributed by atoms with Gasteiger partial charge in [0.2, 0.25) is 0 Å². The normalized spacial score (nSPS) is 15.7. The summed E-state index contributed by atoms with van der Waals surface area (Å²) in [6.07, 6.45) is 8.72. The van der Waals surface area contributed by atoms with Crippen molar-refractivity contribution >= 4 is 22.8 Å². The first kappa shape index (κ1) is 11.8. The Kier molecular flexibility index (Phi) is 2.95. The number of hydrogen-bond donors (Lipinski definition) is 3. The summed E-state index contributed by atoms with van der Waals surface area (Å²) in [5.74, 6) is 1.48. The van der Waals surface area contributed by atoms with Gasteiger partial charge in [-0.25, -0.2) is 4.98 Å². The van der Waals surface area contributed by atoms with Crippen LogP contribution in [0.25, 0.3) is 16.6 Å². The number of ether oxygens (including phenoxy) is 1. The molecule has 0 radical (unpaired) electrons. The first-order valence-electron chi connectivity index (χ1n) is 6.34. The first-order valence-corrected chi connectivity index (χ1v) is 6.34. The van der Waals surface area contributed by atoms with Gasteiger partial charge in [-0.15, -0.1) is 0 Å². The molecular formula is C14H16N4O. The van der Waals surface area contributed by atoms with Crippen molar-refractivity contribution < 1.29 is 4.74 Å². The summed E-state index contributed by atoms with van der Waals surface area (Å²) >= 11 is 0. The van der Waals surface area contributed by atoms with E-state index in [2.05, 4.69) is 9.97 Å². The van der Waals surface area contributed by atoms with Crippen molar-refractivity contribution in [2.24, 2.45) is 11.7 Å². The van der Waals surface area contributed by atoms with Gasteiger partial charge in [-0.1, -0.05) is 0 Å². The Morgan fingerprint density at radius 1 is 1.58 bits per heavy atom. The van der Waals surface area contributed by atoms with E-state index in [0.717, 1.165) is 29.0 Å². The third-order valence-electron chi connectivity index (χ3n) is 3.33. The standard InChI is InChI=1S/C14H16N4O/c15-4-10(5-16)13-7-18-14-12(13)3-11(6-17-14)19-8-9-1-2-9/h3-7,9,15H,1-2,8,16H2,(H,17,18). The summed E-state index contributed by atoms with van der Waals surface area (Å²) in [4.78, 5) is 7.40. The lowest BCUT2D eigenvalue weighted by Crippen LogP contribution is -1.99. The van der Waals surface area contributed by atoms with Crippen LogP contribution in [0.4, 0.5) is 0 Å². The SMILES string of the molecule is N=CC(=CN)c1c[nH]c2ncc(OCC3CC3)cc12. The lowest BCUT2D eigenvalue weighted by Gasteiger charge is -2.05. The smallest absolute Gasteiger partial charge is 0.138 e. The fourth-order valence-corrected chi connectivity index (χ4v) is 2.02. The molecule has 5 heteroatoms. The molecule has 1 aliphatic carbocycles. The molecule has 2 aromatic rings. The molecule has 0 saturated heterocycles. The van der Waals surface area contributed by atoms with Gasteiger partial charge in [0.15, 0.2) is 0 Å². The topological polar surface area (TPSA) is 87.8 Å². The van der Waals surface area contributed by atoms with E-state index in [1.165, 1.54) is 25.3 Å². The Bertz CT molecular complexity index is 640. The second-order valence-electron chi connectivity index (χ2n) is 4.79. The summed E-state index contributed by atoms with van der Waals surface area (Å²) in [7, 11) is 0. The van der Waals surface area contributed by atoms with Gasteiger partial charge in [0.25, 0.3) is 0 Å². The average molecular weight is 256 g/mol. The van der Waals surface area contributed by atoms with Crippen LogP contribution in [-0.2, 0) is 0 Å². The van der Waals surface area contributed by atoms with E-state index in [-0.39, 0.29) is 0 Å². The molecule has 5 nitrogen and oxygen atoms in total. The Hall–Kier alpha value is -2.30. The number of pyridine rings is 1. The van der Waals surface area contributed by atoms with Gasteiger partial charge in [0, 0.05) is 35.1 Å². The van der Waals surface area contributed by atoms with Gasteiger partial charge in [0.05, 0.1) is 12.8 Å². The third kappa shape index (κ3) is 2.31. The van der Waals surface area contributed by atoms with E-state index in [0.29, 0.717) is 11.5 Å². The molecule has 1 fully saturated rings. The number of H-pyrrole nitrogens is 1. The molecule has 0 spiro atoms. The van der Waals surface area contributed by atoms with E-state index in [4.69, 9.17) is 15.9 Å². The predicted octanol–water partition coefficient (Wildman–Crippen LogP) is 2.30. The zero-order valence-corrected chi connectivity index (χ0v) is 10.5. The molecule has 0 aliphatic heterocycles. The molecule has 19 heavy (non-hydrogen) atoms. The summed E-state index contributed by atoms with van der Waals surface area (Å²) in [6, 6.07) is 1.95. The molecule has 98 valence electrons. The molecule has 1 aliphatic rings. The van der Waals surface area contributed by atoms with Gasteiger partial charge < -0.3 is 20.9 Å². The monoisotopic (exact) mass is 256 g/mol. The number of aromatic nitrogens is 2. The molecule has 4 N–H and O–H groups in total. The number of nitrogens with zero attached hydrogens (tertiary/aromatic N) is 1. The minimum atomic E-state index is 0.660. The number of allylic oxidation sites excluding steroid dienone is 1. The molecule has 2 aromatic heterocycles. The van der Waals surface area contributed by atoms with Crippen LogP contribution in [0.3, 0.4) is 0 Å². The maximum atomic E-state index is 7.37. The number of aromatic amines is 1. The van der Waals surface area contributed by atoms with Gasteiger partial charge in [0.1, 0.15) is 11.4 Å². The molecule has 1 saturated carbocycles. The molecule has 0 bridgehead atoms. The van der Waals surface area contributed by atoms with E-state index in [9.17, 15) is 0 Å². The maximum absolute atomic E-state index is 7.37. The van der Waals surface area contributed by atoms with E-state index in [1.807, 2.05) is 12.3 Å². The average Bonchev–Trinajstić information content (AvgIpc) is 3.18. The fraction of sp³-hybridized carbons (Fsp3) is 0.286. The Morgan fingerprint density at radius 3 is 3.11 bits per heavy atom. The van der Waals surface area contributed by atoms with E-state index < -0.39 is 0 Å². The highest BCUT2D eigenvalue weighted by Gasteiger charge is 2.22. The zero-order valence-electron chi connectivity index (χ0n) is 10.5. The minimum Gasteiger partial charge on any atom is -0.492 e. The third-order valence-corrected chi connectivity index (χ3v) is 3.33. The highest BCUT2D eigenvalue weighted by molar-refractivity contribution is 6.13. The second-order valence-corrected chi connectivity index (χ2v) is 4.79. The number of rotatable bonds is 5. The van der Waals surface area contributed by atoms with Crippen molar-refractivity contribution in [2.45, 2.75) is 12.8 Å². The van der Waals surface area contributed by atoms with Crippen molar-refractivity contribution in [3.05, 3.63) is 30.2 Å². The van der Waals surface area contributed by atoms with E-state index >= 15 is 0 Å². The quantitative estimate of drug-likeness (QED) is 0.717. The van der Waals surface area contributed by atoms with Crippen LogP contribution >= 0.6 is 0 Å². The van der Waals surface area contributed by atoms with Gasteiger partial charge in [-0.05, 0) is 24.8 Å². The van der Waals surface area contributed by atoms with Crippen molar-refractivity contribution in [1.29, 1.82) is 5.41 Å². The minimum absolute atomic E-state index is 0.660. The van der Waals surface area contributed by atoms with E-state index in [1.54, 1.807) is 6.20 Å². The van der Waals surface area contributed by atoms with Crippen LogP contribution < -0.4 is 10.5 Å². The van der Waals surface area contributed by atoms with Crippen LogP contribution in [0.2, 0.25) is 0 Å². The molecular weight excluding hydrogens is 240 g/mol. The summed E-state index contributed by atoms with van der Waals surface area (Å²) in [5.41, 5.74) is 7.84. The summed E-state index contributed by atoms with van der Waals surface area (Å²) in [6.45, 7) is 0.761. The van der Waals surface area contributed by atoms with Crippen molar-refractivity contribution in [3.63, 3.8) is 0 Å². The van der Waals surface area contributed by atoms with Gasteiger partial charge in [-0.2, -0.15) is 0 Å². The number of hydrogen-bond acceptors (Lipinski definition) is 4. The molecule has 0 amide bonds. The second kappa shape index (κ2) is 4.76. The molecule has 0 unspecified atom stereocenters. The number of nitrogens with two attached hydrogens (primary N) is 1. The molecule has 3 rings (SSSR count). The lowest BCUT2D eigenvalue weighted by molar-refractivity contribution is 0.299. The first-order chi connectivity index (χ1) is 9.31. The van der Waals surface area contributed by atoms with Crippen LogP contribution in [0.1, 0.15) is 18.4 Å². The maximum Gasteiger partial charge on any atom is 0.138 e. The van der Waals surface area contributed by atoms with Crippen LogP contribution in [0.5, 0.6) is 5.75 Å². The summed E-state index contributed by atoms with van der Waals surface area (Å²) in [5, 5.41) is 8.30. The Balaban J connectivity index is 1.94. The fourth-order valence-electron chi connectivity index (χ4n) is 2.02. The number of fused-ring (bicyclic) bond motifs is 1. The zero-order chi connectivity index (χ0) is 13.2. The van der Waals surface area contributed by atoms with Crippen molar-refractivity contribution in [2.75, 3.05) is 6.61 Å². The number of nitrogens with one attached hydrogen (secondary N) is 2. The highest BCUT2D eigenvalue weighted by atomic mass is 16.5.